The summed E-state index contributed by atoms with van der Waals surface area (Å²) in [4.78, 5) is 26.3. The van der Waals surface area contributed by atoms with Gasteiger partial charge in [0.1, 0.15) is 31.1 Å². The summed E-state index contributed by atoms with van der Waals surface area (Å²) in [5, 5.41) is 39.7. The number of nitrogens with zero attached hydrogens (tertiary/aromatic N) is 1. The smallest absolute Gasteiger partial charge is 0.414 e. The first kappa shape index (κ1) is 29.4. The van der Waals surface area contributed by atoms with Gasteiger partial charge < -0.3 is 44.1 Å². The summed E-state index contributed by atoms with van der Waals surface area (Å²) in [6, 6.07) is 0. The van der Waals surface area contributed by atoms with E-state index < -0.39 is 67.4 Å². The lowest BCUT2D eigenvalue weighted by atomic mass is 9.58. The molecule has 5 aliphatic heterocycles. The molecule has 224 valence electrons. The third kappa shape index (κ3) is 5.09. The molecule has 13 atom stereocenters. The van der Waals surface area contributed by atoms with Crippen molar-refractivity contribution in [3.8, 4) is 0 Å². The molecule has 39 heavy (non-hydrogen) atoms. The Morgan fingerprint density at radius 1 is 1.00 bits per heavy atom. The van der Waals surface area contributed by atoms with E-state index in [1.54, 1.807) is 0 Å². The third-order valence-electron chi connectivity index (χ3n) is 9.31. The van der Waals surface area contributed by atoms with Gasteiger partial charge in [0, 0.05) is 24.8 Å². The van der Waals surface area contributed by atoms with E-state index in [0.29, 0.717) is 18.8 Å². The summed E-state index contributed by atoms with van der Waals surface area (Å²) in [6.07, 6.45) is -5.72. The maximum absolute atomic E-state index is 13.0. The van der Waals surface area contributed by atoms with Crippen molar-refractivity contribution in [1.29, 1.82) is 0 Å². The first-order chi connectivity index (χ1) is 18.5. The van der Waals surface area contributed by atoms with Crippen LogP contribution in [0.25, 0.3) is 0 Å². The maximum Gasteiger partial charge on any atom is 0.414 e. The van der Waals surface area contributed by atoms with E-state index >= 15 is 0 Å². The van der Waals surface area contributed by atoms with Crippen molar-refractivity contribution < 1.29 is 58.7 Å². The molecule has 6 rings (SSSR count). The molecule has 13 heteroatoms. The minimum absolute atomic E-state index is 0.0609. The lowest BCUT2D eigenvalue weighted by Gasteiger charge is -2.60. The van der Waals surface area contributed by atoms with Crippen LogP contribution in [0.3, 0.4) is 0 Å². The zero-order chi connectivity index (χ0) is 28.1. The van der Waals surface area contributed by atoms with Crippen LogP contribution >= 0.6 is 0 Å². The van der Waals surface area contributed by atoms with E-state index in [-0.39, 0.29) is 31.0 Å². The van der Waals surface area contributed by atoms with Gasteiger partial charge in [0.15, 0.2) is 18.2 Å². The highest BCUT2D eigenvalue weighted by Gasteiger charge is 2.69. The van der Waals surface area contributed by atoms with Gasteiger partial charge in [-0.2, -0.15) is 0 Å². The number of aliphatic hydroxyl groups excluding tert-OH is 4. The molecule has 0 aromatic heterocycles. The van der Waals surface area contributed by atoms with Crippen LogP contribution in [0.4, 0.5) is 4.79 Å². The van der Waals surface area contributed by atoms with Crippen molar-refractivity contribution in [3.63, 3.8) is 0 Å². The Morgan fingerprint density at radius 3 is 2.49 bits per heavy atom. The number of ether oxygens (including phenoxy) is 5. The van der Waals surface area contributed by atoms with Crippen LogP contribution in [0, 0.1) is 23.7 Å². The van der Waals surface area contributed by atoms with Crippen molar-refractivity contribution in [2.75, 3.05) is 19.9 Å². The van der Waals surface area contributed by atoms with Gasteiger partial charge in [-0.3, -0.25) is 4.90 Å². The average Bonchev–Trinajstić information content (AvgIpc) is 3.15. The largest absolute Gasteiger partial charge is 0.416 e. The monoisotopic (exact) mass is 561 g/mol. The van der Waals surface area contributed by atoms with Gasteiger partial charge in [0.05, 0.1) is 6.61 Å². The second-order valence-corrected chi connectivity index (χ2v) is 11.9. The highest BCUT2D eigenvalue weighted by atomic mass is 17.3. The van der Waals surface area contributed by atoms with Gasteiger partial charge >= 0.3 is 6.09 Å². The van der Waals surface area contributed by atoms with Gasteiger partial charge in [0.2, 0.25) is 12.1 Å². The van der Waals surface area contributed by atoms with E-state index in [1.165, 1.54) is 4.90 Å². The topological polar surface area (TPSA) is 166 Å². The highest BCUT2D eigenvalue weighted by Crippen LogP contribution is 2.60. The number of aliphatic hydroxyl groups is 4. The summed E-state index contributed by atoms with van der Waals surface area (Å²) < 4.78 is 29.6. The van der Waals surface area contributed by atoms with Gasteiger partial charge in [-0.25, -0.2) is 14.6 Å². The molecule has 0 unspecified atom stereocenters. The Labute approximate surface area is 228 Å². The molecule has 0 aromatic carbocycles. The van der Waals surface area contributed by atoms with Crippen LogP contribution < -0.4 is 0 Å². The number of carbonyl (C=O) groups is 1. The molecule has 13 nitrogen and oxygen atoms in total. The SMILES string of the molecule is CCCN(CO[C@H]1O[C@@H]2O[C@@]3(C)CC[C@H]4[C@H](C)CC[C@@H]([C@H]1C)[C@@]24OO3)C(=O)O[C@@H]1O[C@H](CO)[C@@H](O)[C@H](O)[C@H]1O. The molecule has 1 spiro atoms. The molecular weight excluding hydrogens is 518 g/mol. The number of amides is 1. The van der Waals surface area contributed by atoms with Gasteiger partial charge in [-0.15, -0.1) is 0 Å². The third-order valence-corrected chi connectivity index (χ3v) is 9.31. The molecule has 5 saturated heterocycles. The summed E-state index contributed by atoms with van der Waals surface area (Å²) in [5.41, 5.74) is -0.724. The first-order valence-electron chi connectivity index (χ1n) is 14.1. The zero-order valence-electron chi connectivity index (χ0n) is 23.0. The van der Waals surface area contributed by atoms with Crippen LogP contribution in [0.2, 0.25) is 0 Å². The Bertz CT molecular complexity index is 878. The fourth-order valence-electron chi connectivity index (χ4n) is 7.04. The predicted molar refractivity (Wildman–Crippen MR) is 130 cm³/mol. The molecule has 1 aliphatic carbocycles. The van der Waals surface area contributed by atoms with Crippen molar-refractivity contribution in [2.24, 2.45) is 23.7 Å². The van der Waals surface area contributed by atoms with Gasteiger partial charge in [0.25, 0.3) is 0 Å². The van der Waals surface area contributed by atoms with E-state index in [4.69, 9.17) is 33.5 Å². The second kappa shape index (κ2) is 11.3. The van der Waals surface area contributed by atoms with Crippen LogP contribution in [-0.4, -0.2) is 106 Å². The van der Waals surface area contributed by atoms with Crippen LogP contribution in [0.15, 0.2) is 0 Å². The summed E-state index contributed by atoms with van der Waals surface area (Å²) in [5.74, 6) is -0.283. The molecule has 0 radical (unpaired) electrons. The predicted octanol–water partition coefficient (Wildman–Crippen LogP) is 0.817. The fraction of sp³-hybridized carbons (Fsp3) is 0.962. The Morgan fingerprint density at radius 2 is 1.77 bits per heavy atom. The average molecular weight is 562 g/mol. The Balaban J connectivity index is 1.27. The zero-order valence-corrected chi connectivity index (χ0v) is 23.0. The van der Waals surface area contributed by atoms with E-state index in [0.717, 1.165) is 19.3 Å². The number of fused-ring (bicyclic) bond motifs is 2. The lowest BCUT2D eigenvalue weighted by molar-refractivity contribution is -0.577. The fourth-order valence-corrected chi connectivity index (χ4v) is 7.04. The van der Waals surface area contributed by atoms with Crippen molar-refractivity contribution >= 4 is 6.09 Å². The Kier molecular flexibility index (Phi) is 8.49. The van der Waals surface area contributed by atoms with E-state index in [9.17, 15) is 25.2 Å². The van der Waals surface area contributed by atoms with Gasteiger partial charge in [-0.1, -0.05) is 20.8 Å². The van der Waals surface area contributed by atoms with E-state index in [2.05, 4.69) is 6.92 Å². The van der Waals surface area contributed by atoms with Crippen molar-refractivity contribution in [1.82, 2.24) is 4.90 Å². The molecule has 5 heterocycles. The molecule has 1 amide bonds. The Hall–Kier alpha value is -1.13. The molecular formula is C26H43NO12. The summed E-state index contributed by atoms with van der Waals surface area (Å²) in [7, 11) is 0. The minimum atomic E-state index is -1.69. The van der Waals surface area contributed by atoms with Crippen LogP contribution in [0.5, 0.6) is 0 Å². The standard InChI is InChI=1S/C26H43NO12/c1-5-10-27(24(32)36-22-20(31)19(30)18(29)17(11-28)34-22)12-33-21-14(3)16-7-6-13(2)15-8-9-25(4)37-23(35-21)26(15,16)39-38-25/h13-23,28-31H,5-12H2,1-4H3/t13-,14-,15+,16+,17-,18-,19+,20-,21+,22+,23-,25-,26-/m1/s1. The maximum atomic E-state index is 13.0. The number of rotatable bonds is 7. The van der Waals surface area contributed by atoms with Crippen molar-refractivity contribution in [2.45, 2.75) is 114 Å². The molecule has 2 bridgehead atoms. The number of hydrogen-bond acceptors (Lipinski definition) is 12. The van der Waals surface area contributed by atoms with Crippen LogP contribution in [0.1, 0.15) is 59.8 Å². The summed E-state index contributed by atoms with van der Waals surface area (Å²) in [6.45, 7) is 7.51. The summed E-state index contributed by atoms with van der Waals surface area (Å²) >= 11 is 0. The second-order valence-electron chi connectivity index (χ2n) is 11.9. The molecule has 4 N–H and O–H groups in total. The first-order valence-corrected chi connectivity index (χ1v) is 14.1. The van der Waals surface area contributed by atoms with Crippen molar-refractivity contribution in [3.05, 3.63) is 0 Å². The minimum Gasteiger partial charge on any atom is -0.416 e. The normalized spacial score (nSPS) is 49.2. The molecule has 0 aromatic rings. The number of hydrogen-bond donors (Lipinski definition) is 4. The van der Waals surface area contributed by atoms with Crippen LogP contribution in [-0.2, 0) is 33.5 Å². The molecule has 6 aliphatic rings. The van der Waals surface area contributed by atoms with E-state index in [1.807, 2.05) is 20.8 Å². The highest BCUT2D eigenvalue weighted by molar-refractivity contribution is 5.67. The molecule has 6 fully saturated rings. The lowest BCUT2D eigenvalue weighted by Crippen LogP contribution is -2.70. The quantitative estimate of drug-likeness (QED) is 0.256. The van der Waals surface area contributed by atoms with Gasteiger partial charge in [-0.05, 0) is 44.4 Å². The molecule has 1 saturated carbocycles. The number of carbonyl (C=O) groups excluding carboxylic acids is 1.